The number of carboxylic acid groups (broad SMARTS) is 2. The van der Waals surface area contributed by atoms with E-state index in [9.17, 15) is 9.59 Å². The zero-order valence-corrected chi connectivity index (χ0v) is 11.8. The van der Waals surface area contributed by atoms with Crippen LogP contribution >= 0.6 is 11.6 Å². The van der Waals surface area contributed by atoms with Crippen molar-refractivity contribution in [1.29, 1.82) is 0 Å². The van der Waals surface area contributed by atoms with Crippen LogP contribution in [0.5, 0.6) is 5.75 Å². The molecule has 1 heterocycles. The zero-order chi connectivity index (χ0) is 15.6. The molecule has 0 aliphatic rings. The van der Waals surface area contributed by atoms with Crippen molar-refractivity contribution >= 4 is 34.4 Å². The van der Waals surface area contributed by atoms with Crippen molar-refractivity contribution in [2.45, 2.75) is 6.42 Å². The SMILES string of the molecule is COc1ccc2nc(Cl)c(CC(C(=O)O)C(=O)O)cc2c1. The zero-order valence-electron chi connectivity index (χ0n) is 11.0. The van der Waals surface area contributed by atoms with Crippen molar-refractivity contribution in [3.05, 3.63) is 35.0 Å². The highest BCUT2D eigenvalue weighted by Gasteiger charge is 2.27. The van der Waals surface area contributed by atoms with Gasteiger partial charge in [-0.3, -0.25) is 9.59 Å². The molecule has 0 atom stereocenters. The topological polar surface area (TPSA) is 96.7 Å². The molecule has 1 aromatic carbocycles. The molecule has 6 nitrogen and oxygen atoms in total. The van der Waals surface area contributed by atoms with Crippen LogP contribution in [-0.4, -0.2) is 34.2 Å². The molecule has 2 aromatic rings. The quantitative estimate of drug-likeness (QED) is 0.649. The van der Waals surface area contributed by atoms with Gasteiger partial charge in [0.15, 0.2) is 5.92 Å². The molecule has 7 heteroatoms. The summed E-state index contributed by atoms with van der Waals surface area (Å²) in [5.41, 5.74) is 0.985. The van der Waals surface area contributed by atoms with Crippen LogP contribution in [0.15, 0.2) is 24.3 Å². The minimum Gasteiger partial charge on any atom is -0.497 e. The van der Waals surface area contributed by atoms with Crippen molar-refractivity contribution < 1.29 is 24.5 Å². The number of nitrogens with zero attached hydrogens (tertiary/aromatic N) is 1. The van der Waals surface area contributed by atoms with Gasteiger partial charge in [-0.15, -0.1) is 0 Å². The Morgan fingerprint density at radius 2 is 1.95 bits per heavy atom. The van der Waals surface area contributed by atoms with E-state index in [0.717, 1.165) is 0 Å². The van der Waals surface area contributed by atoms with Gasteiger partial charge in [0.2, 0.25) is 0 Å². The largest absolute Gasteiger partial charge is 0.497 e. The van der Waals surface area contributed by atoms with Gasteiger partial charge in [0, 0.05) is 5.39 Å². The van der Waals surface area contributed by atoms with E-state index in [-0.39, 0.29) is 11.6 Å². The number of benzene rings is 1. The lowest BCUT2D eigenvalue weighted by molar-refractivity contribution is -0.154. The third-order valence-corrected chi connectivity index (χ3v) is 3.40. The number of carbonyl (C=O) groups is 2. The Kier molecular flexibility index (Phi) is 4.28. The van der Waals surface area contributed by atoms with Gasteiger partial charge in [-0.1, -0.05) is 11.6 Å². The van der Waals surface area contributed by atoms with Crippen molar-refractivity contribution in [2.75, 3.05) is 7.11 Å². The van der Waals surface area contributed by atoms with E-state index in [1.165, 1.54) is 7.11 Å². The first kappa shape index (κ1) is 15.1. The standard InChI is InChI=1S/C14H12ClNO5/c1-21-9-2-3-11-7(5-9)4-8(12(15)16-11)6-10(13(17)18)14(19)20/h2-5,10H,6H2,1H3,(H,17,18)(H,19,20). The van der Waals surface area contributed by atoms with Crippen LogP contribution in [0.1, 0.15) is 5.56 Å². The molecule has 0 saturated heterocycles. The second-order valence-corrected chi connectivity index (χ2v) is 4.79. The van der Waals surface area contributed by atoms with E-state index in [1.54, 1.807) is 24.3 Å². The van der Waals surface area contributed by atoms with Gasteiger partial charge >= 0.3 is 11.9 Å². The average Bonchev–Trinajstić information content (AvgIpc) is 2.43. The van der Waals surface area contributed by atoms with E-state index in [4.69, 9.17) is 26.6 Å². The summed E-state index contributed by atoms with van der Waals surface area (Å²) < 4.78 is 5.10. The maximum absolute atomic E-state index is 11.0. The highest BCUT2D eigenvalue weighted by atomic mass is 35.5. The van der Waals surface area contributed by atoms with E-state index < -0.39 is 17.9 Å². The second-order valence-electron chi connectivity index (χ2n) is 4.43. The lowest BCUT2D eigenvalue weighted by Gasteiger charge is -2.10. The normalized spacial score (nSPS) is 10.8. The summed E-state index contributed by atoms with van der Waals surface area (Å²) in [6.07, 6.45) is -0.232. The Bertz CT molecular complexity index is 702. The first-order chi connectivity index (χ1) is 9.92. The number of ether oxygens (including phenoxy) is 1. The number of fused-ring (bicyclic) bond motifs is 1. The van der Waals surface area contributed by atoms with E-state index in [2.05, 4.69) is 4.98 Å². The maximum Gasteiger partial charge on any atom is 0.318 e. The molecule has 0 spiro atoms. The number of hydrogen-bond acceptors (Lipinski definition) is 4. The highest BCUT2D eigenvalue weighted by molar-refractivity contribution is 6.30. The van der Waals surface area contributed by atoms with Crippen LogP contribution in [0, 0.1) is 5.92 Å². The third kappa shape index (κ3) is 3.22. The summed E-state index contributed by atoms with van der Waals surface area (Å²) in [4.78, 5) is 26.1. The predicted octanol–water partition coefficient (Wildman–Crippen LogP) is 2.22. The first-order valence-corrected chi connectivity index (χ1v) is 6.39. The van der Waals surface area contributed by atoms with Crippen molar-refractivity contribution in [3.63, 3.8) is 0 Å². The van der Waals surface area contributed by atoms with Crippen molar-refractivity contribution in [2.24, 2.45) is 5.92 Å². The summed E-state index contributed by atoms with van der Waals surface area (Å²) in [6, 6.07) is 6.79. The molecule has 0 aliphatic carbocycles. The van der Waals surface area contributed by atoms with Crippen LogP contribution in [0.4, 0.5) is 0 Å². The van der Waals surface area contributed by atoms with Crippen LogP contribution in [0.2, 0.25) is 5.15 Å². The van der Waals surface area contributed by atoms with Gasteiger partial charge in [-0.05, 0) is 36.2 Å². The lowest BCUT2D eigenvalue weighted by Crippen LogP contribution is -2.25. The Morgan fingerprint density at radius 1 is 1.29 bits per heavy atom. The Balaban J connectivity index is 2.45. The first-order valence-electron chi connectivity index (χ1n) is 6.01. The summed E-state index contributed by atoms with van der Waals surface area (Å²) in [7, 11) is 1.52. The number of carboxylic acids is 2. The fraction of sp³-hybridized carbons (Fsp3) is 0.214. The number of hydrogen-bond donors (Lipinski definition) is 2. The molecule has 0 bridgehead atoms. The molecule has 0 unspecified atom stereocenters. The number of pyridine rings is 1. The van der Waals surface area contributed by atoms with E-state index in [1.807, 2.05) is 0 Å². The van der Waals surface area contributed by atoms with Gasteiger partial charge in [0.1, 0.15) is 10.9 Å². The molecular formula is C14H12ClNO5. The molecule has 110 valence electrons. The fourth-order valence-electron chi connectivity index (χ4n) is 1.95. The molecule has 0 fully saturated rings. The summed E-state index contributed by atoms with van der Waals surface area (Å²) in [6.45, 7) is 0. The number of halogens is 1. The minimum atomic E-state index is -1.56. The minimum absolute atomic E-state index is 0.0974. The van der Waals surface area contributed by atoms with Gasteiger partial charge in [-0.2, -0.15) is 0 Å². The molecule has 1 aromatic heterocycles. The van der Waals surface area contributed by atoms with Crippen molar-refractivity contribution in [1.82, 2.24) is 4.98 Å². The predicted molar refractivity (Wildman–Crippen MR) is 75.8 cm³/mol. The summed E-state index contributed by atoms with van der Waals surface area (Å²) >= 11 is 6.00. The van der Waals surface area contributed by atoms with E-state index in [0.29, 0.717) is 22.2 Å². The number of aliphatic carboxylic acids is 2. The highest BCUT2D eigenvalue weighted by Crippen LogP contribution is 2.26. The van der Waals surface area contributed by atoms with Crippen LogP contribution in [0.3, 0.4) is 0 Å². The van der Waals surface area contributed by atoms with Crippen LogP contribution in [-0.2, 0) is 16.0 Å². The molecule has 0 saturated carbocycles. The summed E-state index contributed by atoms with van der Waals surface area (Å²) in [5, 5.41) is 18.6. The van der Waals surface area contributed by atoms with Crippen molar-refractivity contribution in [3.8, 4) is 5.75 Å². The Labute approximate surface area is 124 Å². The second kappa shape index (κ2) is 5.97. The molecular weight excluding hydrogens is 298 g/mol. The van der Waals surface area contributed by atoms with Crippen LogP contribution in [0.25, 0.3) is 10.9 Å². The fourth-order valence-corrected chi connectivity index (χ4v) is 2.17. The molecule has 21 heavy (non-hydrogen) atoms. The Hall–Kier alpha value is -2.34. The maximum atomic E-state index is 11.0. The number of rotatable bonds is 5. The average molecular weight is 310 g/mol. The molecule has 0 radical (unpaired) electrons. The lowest BCUT2D eigenvalue weighted by atomic mass is 9.99. The number of aromatic nitrogens is 1. The molecule has 0 aliphatic heterocycles. The Morgan fingerprint density at radius 3 is 2.52 bits per heavy atom. The molecule has 2 rings (SSSR count). The third-order valence-electron chi connectivity index (χ3n) is 3.07. The van der Waals surface area contributed by atoms with E-state index >= 15 is 0 Å². The van der Waals surface area contributed by atoms with Crippen LogP contribution < -0.4 is 4.74 Å². The van der Waals surface area contributed by atoms with Gasteiger partial charge in [0.25, 0.3) is 0 Å². The molecule has 2 N–H and O–H groups in total. The smallest absolute Gasteiger partial charge is 0.318 e. The number of methoxy groups -OCH3 is 1. The monoisotopic (exact) mass is 309 g/mol. The summed E-state index contributed by atoms with van der Waals surface area (Å²) in [5.74, 6) is -3.77. The van der Waals surface area contributed by atoms with Gasteiger partial charge < -0.3 is 14.9 Å². The molecule has 0 amide bonds. The van der Waals surface area contributed by atoms with Gasteiger partial charge in [-0.25, -0.2) is 4.98 Å². The van der Waals surface area contributed by atoms with Gasteiger partial charge in [0.05, 0.1) is 12.6 Å².